The molecule has 16 heavy (non-hydrogen) atoms. The Balaban J connectivity index is 0.000000281. The monoisotopic (exact) mass is 257 g/mol. The summed E-state index contributed by atoms with van der Waals surface area (Å²) >= 11 is 3.96. The molecule has 0 saturated carbocycles. The molecule has 0 saturated heterocycles. The zero-order valence-corrected chi connectivity index (χ0v) is 11.0. The minimum Gasteiger partial charge on any atom is -0.478 e. The molecule has 1 N–H and O–H groups in total. The standard InChI is InChI=1S/C6H10O2.C5H5NS2/c1-3-4-5(2)6(7)8;7-8-5-3-1-2-4-6-5/h4H,3H2,1-2H3,(H,7,8);1-4,7H. The first kappa shape index (κ1) is 15.1. The van der Waals surface area contributed by atoms with E-state index in [1.807, 2.05) is 25.1 Å². The molecule has 5 heteroatoms. The molecule has 88 valence electrons. The molecule has 0 spiro atoms. The highest BCUT2D eigenvalue weighted by Crippen LogP contribution is 2.16. The molecule has 1 aromatic heterocycles. The van der Waals surface area contributed by atoms with Crippen molar-refractivity contribution in [3.8, 4) is 0 Å². The second-order valence-corrected chi connectivity index (χ2v) is 4.01. The second kappa shape index (κ2) is 9.30. The molecule has 0 aliphatic rings. The van der Waals surface area contributed by atoms with Crippen LogP contribution < -0.4 is 0 Å². The molecule has 0 atom stereocenters. The average Bonchev–Trinajstić information content (AvgIpc) is 2.31. The van der Waals surface area contributed by atoms with Crippen molar-refractivity contribution in [3.63, 3.8) is 0 Å². The number of allylic oxidation sites excluding steroid dienone is 1. The van der Waals surface area contributed by atoms with Crippen LogP contribution in [0.4, 0.5) is 0 Å². The van der Waals surface area contributed by atoms with Crippen molar-refractivity contribution in [2.45, 2.75) is 25.3 Å². The summed E-state index contributed by atoms with van der Waals surface area (Å²) in [5, 5.41) is 9.19. The fraction of sp³-hybridized carbons (Fsp3) is 0.273. The Labute approximate surface area is 105 Å². The van der Waals surface area contributed by atoms with Gasteiger partial charge in [-0.1, -0.05) is 19.1 Å². The van der Waals surface area contributed by atoms with E-state index in [0.29, 0.717) is 5.57 Å². The van der Waals surface area contributed by atoms with E-state index >= 15 is 0 Å². The number of aliphatic carboxylic acids is 1. The molecule has 0 aliphatic carbocycles. The first-order valence-electron chi connectivity index (χ1n) is 4.74. The lowest BCUT2D eigenvalue weighted by molar-refractivity contribution is -0.132. The van der Waals surface area contributed by atoms with Gasteiger partial charge in [-0.15, -0.1) is 11.7 Å². The molecule has 0 fully saturated rings. The minimum atomic E-state index is -0.827. The summed E-state index contributed by atoms with van der Waals surface area (Å²) in [6, 6.07) is 5.73. The number of hydrogen-bond donors (Lipinski definition) is 2. The minimum absolute atomic E-state index is 0.424. The predicted molar refractivity (Wildman–Crippen MR) is 70.8 cm³/mol. The molecule has 0 aliphatic heterocycles. The predicted octanol–water partition coefficient (Wildman–Crippen LogP) is 3.45. The molecule has 3 nitrogen and oxygen atoms in total. The highest BCUT2D eigenvalue weighted by molar-refractivity contribution is 8.68. The number of thiol groups is 1. The fourth-order valence-corrected chi connectivity index (χ4v) is 1.37. The SMILES string of the molecule is CCC=C(C)C(=O)O.SSc1ccccn1. The molecular formula is C11H15NO2S2. The fourth-order valence-electron chi connectivity index (χ4n) is 0.795. The maximum Gasteiger partial charge on any atom is 0.330 e. The Hall–Kier alpha value is -0.940. The zero-order valence-electron chi connectivity index (χ0n) is 9.25. The highest BCUT2D eigenvalue weighted by Gasteiger charge is 1.94. The van der Waals surface area contributed by atoms with E-state index in [1.165, 1.54) is 10.8 Å². The lowest BCUT2D eigenvalue weighted by Gasteiger charge is -1.87. The van der Waals surface area contributed by atoms with Crippen LogP contribution in [0.25, 0.3) is 0 Å². The molecule has 0 bridgehead atoms. The van der Waals surface area contributed by atoms with Gasteiger partial charge in [0, 0.05) is 11.8 Å². The zero-order chi connectivity index (χ0) is 12.4. The quantitative estimate of drug-likeness (QED) is 0.495. The molecule has 0 amide bonds. The Bertz CT molecular complexity index is 339. The number of hydrogen-bond acceptors (Lipinski definition) is 4. The van der Waals surface area contributed by atoms with E-state index in [0.717, 1.165) is 11.4 Å². The Morgan fingerprint density at radius 1 is 1.62 bits per heavy atom. The molecule has 0 unspecified atom stereocenters. The van der Waals surface area contributed by atoms with E-state index < -0.39 is 5.97 Å². The second-order valence-electron chi connectivity index (χ2n) is 2.86. The van der Waals surface area contributed by atoms with Crippen LogP contribution in [0, 0.1) is 0 Å². The van der Waals surface area contributed by atoms with E-state index in [-0.39, 0.29) is 0 Å². The third-order valence-electron chi connectivity index (χ3n) is 1.58. The summed E-state index contributed by atoms with van der Waals surface area (Å²) < 4.78 is 0. The van der Waals surface area contributed by atoms with E-state index in [1.54, 1.807) is 19.2 Å². The van der Waals surface area contributed by atoms with E-state index in [4.69, 9.17) is 5.11 Å². The van der Waals surface area contributed by atoms with Gasteiger partial charge in [-0.05, 0) is 36.3 Å². The number of pyridine rings is 1. The Kier molecular flexibility index (Phi) is 8.75. The van der Waals surface area contributed by atoms with Gasteiger partial charge in [0.1, 0.15) is 5.03 Å². The van der Waals surface area contributed by atoms with Crippen LogP contribution in [0.5, 0.6) is 0 Å². The van der Waals surface area contributed by atoms with Crippen molar-refractivity contribution in [3.05, 3.63) is 36.0 Å². The van der Waals surface area contributed by atoms with Gasteiger partial charge in [0.15, 0.2) is 0 Å². The van der Waals surface area contributed by atoms with Gasteiger partial charge >= 0.3 is 5.97 Å². The number of carboxylic acids is 1. The molecular weight excluding hydrogens is 242 g/mol. The van der Waals surface area contributed by atoms with Crippen molar-refractivity contribution >= 4 is 28.4 Å². The van der Waals surface area contributed by atoms with Crippen LogP contribution in [0.2, 0.25) is 0 Å². The van der Waals surface area contributed by atoms with Crippen LogP contribution in [0.1, 0.15) is 20.3 Å². The van der Waals surface area contributed by atoms with Gasteiger partial charge in [0.05, 0.1) is 0 Å². The lowest BCUT2D eigenvalue weighted by atomic mass is 10.2. The first-order valence-corrected chi connectivity index (χ1v) is 6.61. The van der Waals surface area contributed by atoms with Gasteiger partial charge < -0.3 is 5.11 Å². The topological polar surface area (TPSA) is 50.2 Å². The van der Waals surface area contributed by atoms with Crippen LogP contribution in [-0.4, -0.2) is 16.1 Å². The third-order valence-corrected chi connectivity index (χ3v) is 2.57. The van der Waals surface area contributed by atoms with Crippen molar-refractivity contribution in [2.24, 2.45) is 0 Å². The lowest BCUT2D eigenvalue weighted by Crippen LogP contribution is -1.94. The van der Waals surface area contributed by atoms with Crippen molar-refractivity contribution < 1.29 is 9.90 Å². The van der Waals surface area contributed by atoms with Gasteiger partial charge in [-0.2, -0.15) is 0 Å². The molecule has 1 rings (SSSR count). The Morgan fingerprint density at radius 3 is 2.56 bits per heavy atom. The first-order chi connectivity index (χ1) is 7.61. The third kappa shape index (κ3) is 7.36. The van der Waals surface area contributed by atoms with Gasteiger partial charge in [-0.3, -0.25) is 0 Å². The summed E-state index contributed by atoms with van der Waals surface area (Å²) in [5.41, 5.74) is 0.424. The number of carbonyl (C=O) groups is 1. The highest BCUT2D eigenvalue weighted by atomic mass is 33.1. The maximum atomic E-state index is 10.0. The van der Waals surface area contributed by atoms with Crippen LogP contribution >= 0.6 is 22.5 Å². The summed E-state index contributed by atoms with van der Waals surface area (Å²) in [7, 11) is 1.35. The van der Waals surface area contributed by atoms with Crippen molar-refractivity contribution in [1.29, 1.82) is 0 Å². The van der Waals surface area contributed by atoms with Crippen molar-refractivity contribution in [1.82, 2.24) is 4.98 Å². The summed E-state index contributed by atoms with van der Waals surface area (Å²) in [6.07, 6.45) is 4.22. The average molecular weight is 257 g/mol. The summed E-state index contributed by atoms with van der Waals surface area (Å²) in [6.45, 7) is 3.50. The Morgan fingerprint density at radius 2 is 2.31 bits per heavy atom. The maximum absolute atomic E-state index is 10.0. The molecule has 1 aromatic rings. The normalized spacial score (nSPS) is 10.3. The molecule has 0 aromatic carbocycles. The summed E-state index contributed by atoms with van der Waals surface area (Å²) in [5.74, 6) is -0.827. The van der Waals surface area contributed by atoms with E-state index in [9.17, 15) is 4.79 Å². The number of rotatable bonds is 3. The van der Waals surface area contributed by atoms with E-state index in [2.05, 4.69) is 16.6 Å². The molecule has 0 radical (unpaired) electrons. The number of nitrogens with zero attached hydrogens (tertiary/aromatic N) is 1. The molecule has 1 heterocycles. The van der Waals surface area contributed by atoms with Gasteiger partial charge in [0.2, 0.25) is 0 Å². The smallest absolute Gasteiger partial charge is 0.330 e. The van der Waals surface area contributed by atoms with Gasteiger partial charge in [-0.25, -0.2) is 9.78 Å². The van der Waals surface area contributed by atoms with Crippen molar-refractivity contribution in [2.75, 3.05) is 0 Å². The van der Waals surface area contributed by atoms with Crippen LogP contribution in [0.3, 0.4) is 0 Å². The van der Waals surface area contributed by atoms with Crippen LogP contribution in [0.15, 0.2) is 41.1 Å². The number of carboxylic acid groups (broad SMARTS) is 1. The van der Waals surface area contributed by atoms with Crippen LogP contribution in [-0.2, 0) is 4.79 Å². The van der Waals surface area contributed by atoms with Gasteiger partial charge in [0.25, 0.3) is 0 Å². The largest absolute Gasteiger partial charge is 0.478 e. The number of aromatic nitrogens is 1. The summed E-state index contributed by atoms with van der Waals surface area (Å²) in [4.78, 5) is 14.0.